The summed E-state index contributed by atoms with van der Waals surface area (Å²) in [5.74, 6) is 1.16. The number of hydrogen-bond acceptors (Lipinski definition) is 7. The molecule has 2 atom stereocenters. The fourth-order valence-corrected chi connectivity index (χ4v) is 7.85. The summed E-state index contributed by atoms with van der Waals surface area (Å²) in [6.45, 7) is 25.3. The highest BCUT2D eigenvalue weighted by Crippen LogP contribution is 2.15. The molecule has 178 valence electrons. The van der Waals surface area contributed by atoms with Crippen molar-refractivity contribution in [2.45, 2.75) is 97.1 Å². The van der Waals surface area contributed by atoms with Crippen molar-refractivity contribution in [2.24, 2.45) is 0 Å². The number of nitrogens with one attached hydrogen (secondary N) is 2. The van der Waals surface area contributed by atoms with Crippen LogP contribution in [0.25, 0.3) is 0 Å². The molecule has 0 heterocycles. The van der Waals surface area contributed by atoms with Gasteiger partial charge in [0.05, 0.1) is 6.04 Å². The van der Waals surface area contributed by atoms with Crippen LogP contribution < -0.4 is 9.96 Å². The lowest BCUT2D eigenvalue weighted by Gasteiger charge is -2.30. The van der Waals surface area contributed by atoms with Gasteiger partial charge >= 0.3 is 11.9 Å². The minimum atomic E-state index is -1.93. The summed E-state index contributed by atoms with van der Waals surface area (Å²) >= 11 is 1.70. The molecule has 0 radical (unpaired) electrons. The third-order valence-electron chi connectivity index (χ3n) is 3.43. The van der Waals surface area contributed by atoms with E-state index in [0.29, 0.717) is 12.2 Å². The van der Waals surface area contributed by atoms with E-state index in [9.17, 15) is 9.59 Å². The molecule has 0 amide bonds. The van der Waals surface area contributed by atoms with E-state index < -0.39 is 33.1 Å². The molecule has 2 N–H and O–H groups in total. The third kappa shape index (κ3) is 16.7. The summed E-state index contributed by atoms with van der Waals surface area (Å²) < 4.78 is 11.5. The van der Waals surface area contributed by atoms with Crippen LogP contribution in [0.15, 0.2) is 0 Å². The standard InChI is InChI=1S/C19H46N2O4SSi4/c1-27(2,3)20-16(18(22)24-29(7,8)9)13-14-26-15-17(21-28(4,5)6)19(23)25-30(10,11)12/h16-17,20-21H,13-15H2,1-12H3. The van der Waals surface area contributed by atoms with Crippen LogP contribution in [0.4, 0.5) is 0 Å². The van der Waals surface area contributed by atoms with Crippen LogP contribution in [-0.4, -0.2) is 68.6 Å². The van der Waals surface area contributed by atoms with Crippen molar-refractivity contribution in [3.05, 3.63) is 0 Å². The maximum Gasteiger partial charge on any atom is 0.310 e. The zero-order chi connectivity index (χ0) is 24.0. The van der Waals surface area contributed by atoms with Crippen molar-refractivity contribution in [1.82, 2.24) is 9.96 Å². The van der Waals surface area contributed by atoms with Gasteiger partial charge in [-0.2, -0.15) is 11.8 Å². The molecule has 0 aliphatic rings. The molecular weight excluding hydrogens is 465 g/mol. The first-order valence-electron chi connectivity index (χ1n) is 10.8. The molecule has 0 rings (SSSR count). The van der Waals surface area contributed by atoms with Crippen molar-refractivity contribution in [3.63, 3.8) is 0 Å². The summed E-state index contributed by atoms with van der Waals surface area (Å²) in [4.78, 5) is 32.5. The lowest BCUT2D eigenvalue weighted by molar-refractivity contribution is -0.137. The van der Waals surface area contributed by atoms with Gasteiger partial charge in [-0.15, -0.1) is 0 Å². The van der Waals surface area contributed by atoms with E-state index in [2.05, 4.69) is 49.2 Å². The maximum atomic E-state index is 12.7. The fraction of sp³-hybridized carbons (Fsp3) is 0.895. The summed E-state index contributed by atoms with van der Waals surface area (Å²) in [6, 6.07) is -0.584. The summed E-state index contributed by atoms with van der Waals surface area (Å²) in [7, 11) is -7.15. The van der Waals surface area contributed by atoms with Crippen molar-refractivity contribution >= 4 is 56.8 Å². The van der Waals surface area contributed by atoms with Crippen LogP contribution in [0.3, 0.4) is 0 Å². The Bertz CT molecular complexity index is 517. The van der Waals surface area contributed by atoms with E-state index in [0.717, 1.165) is 5.75 Å². The highest BCUT2D eigenvalue weighted by molar-refractivity contribution is 7.99. The Morgan fingerprint density at radius 1 is 0.700 bits per heavy atom. The maximum absolute atomic E-state index is 12.7. The van der Waals surface area contributed by atoms with Gasteiger partial charge < -0.3 is 18.8 Å². The Morgan fingerprint density at radius 2 is 1.07 bits per heavy atom. The first-order chi connectivity index (χ1) is 13.2. The van der Waals surface area contributed by atoms with Gasteiger partial charge in [-0.3, -0.25) is 9.59 Å². The number of carbonyl (C=O) groups excluding carboxylic acids is 2. The van der Waals surface area contributed by atoms with Gasteiger partial charge in [0.1, 0.15) is 22.5 Å². The Labute approximate surface area is 193 Å². The van der Waals surface area contributed by atoms with Gasteiger partial charge in [0.15, 0.2) is 0 Å². The molecule has 2 unspecified atom stereocenters. The number of carbonyl (C=O) groups is 2. The van der Waals surface area contributed by atoms with Crippen LogP contribution in [0.1, 0.15) is 6.42 Å². The Morgan fingerprint density at radius 3 is 1.43 bits per heavy atom. The summed E-state index contributed by atoms with van der Waals surface area (Å²) in [5.41, 5.74) is 0. The van der Waals surface area contributed by atoms with Gasteiger partial charge in [-0.25, -0.2) is 0 Å². The SMILES string of the molecule is C[Si](C)(C)NC(CCSCC(N[Si](C)(C)C)C(=O)O[Si](C)(C)C)C(=O)O[Si](C)(C)C. The fourth-order valence-electron chi connectivity index (χ4n) is 2.61. The second kappa shape index (κ2) is 11.8. The molecule has 0 saturated heterocycles. The molecule has 0 aromatic rings. The molecular formula is C19H46N2O4SSi4. The largest absolute Gasteiger partial charge is 0.519 e. The average molecular weight is 511 g/mol. The van der Waals surface area contributed by atoms with Crippen molar-refractivity contribution in [2.75, 3.05) is 11.5 Å². The highest BCUT2D eigenvalue weighted by Gasteiger charge is 2.32. The van der Waals surface area contributed by atoms with E-state index in [4.69, 9.17) is 8.85 Å². The molecule has 30 heavy (non-hydrogen) atoms. The number of hydrogen-bond donors (Lipinski definition) is 2. The Hall–Kier alpha value is 0.0775. The smallest absolute Gasteiger partial charge is 0.310 e. The van der Waals surface area contributed by atoms with E-state index in [1.165, 1.54) is 0 Å². The van der Waals surface area contributed by atoms with E-state index >= 15 is 0 Å². The first kappa shape index (κ1) is 30.1. The molecule has 0 aromatic heterocycles. The molecule has 0 fully saturated rings. The summed E-state index contributed by atoms with van der Waals surface area (Å²) in [5, 5.41) is 0. The highest BCUT2D eigenvalue weighted by atomic mass is 32.2. The molecule has 0 aromatic carbocycles. The lowest BCUT2D eigenvalue weighted by Crippen LogP contribution is -2.54. The van der Waals surface area contributed by atoms with E-state index in [-0.39, 0.29) is 24.0 Å². The van der Waals surface area contributed by atoms with Crippen molar-refractivity contribution < 1.29 is 18.4 Å². The molecule has 11 heteroatoms. The quantitative estimate of drug-likeness (QED) is 0.280. The number of rotatable bonds is 13. The monoisotopic (exact) mass is 510 g/mol. The molecule has 0 bridgehead atoms. The zero-order valence-electron chi connectivity index (χ0n) is 21.3. The van der Waals surface area contributed by atoms with Gasteiger partial charge in [0.2, 0.25) is 16.6 Å². The number of thioether (sulfide) groups is 1. The zero-order valence-corrected chi connectivity index (χ0v) is 26.1. The van der Waals surface area contributed by atoms with Crippen LogP contribution >= 0.6 is 11.8 Å². The lowest BCUT2D eigenvalue weighted by atomic mass is 10.2. The predicted octanol–water partition coefficient (Wildman–Crippen LogP) is 4.45. The van der Waals surface area contributed by atoms with Crippen LogP contribution in [0.2, 0.25) is 78.6 Å². The normalized spacial score (nSPS) is 15.5. The Balaban J connectivity index is 4.98. The van der Waals surface area contributed by atoms with Crippen molar-refractivity contribution in [3.8, 4) is 0 Å². The first-order valence-corrected chi connectivity index (χ1v) is 25.7. The van der Waals surface area contributed by atoms with Crippen LogP contribution in [0.5, 0.6) is 0 Å². The molecule has 0 aliphatic heterocycles. The minimum Gasteiger partial charge on any atom is -0.519 e. The molecule has 0 saturated carbocycles. The van der Waals surface area contributed by atoms with Gasteiger partial charge in [0.25, 0.3) is 0 Å². The van der Waals surface area contributed by atoms with E-state index in [1.54, 1.807) is 11.8 Å². The third-order valence-corrected chi connectivity index (χ3v) is 8.58. The van der Waals surface area contributed by atoms with Crippen molar-refractivity contribution in [1.29, 1.82) is 0 Å². The summed E-state index contributed by atoms with van der Waals surface area (Å²) in [6.07, 6.45) is 0.695. The molecule has 0 spiro atoms. The average Bonchev–Trinajstić information content (AvgIpc) is 2.42. The van der Waals surface area contributed by atoms with Gasteiger partial charge in [-0.1, -0.05) is 39.3 Å². The van der Waals surface area contributed by atoms with Crippen LogP contribution in [0, 0.1) is 0 Å². The van der Waals surface area contributed by atoms with Gasteiger partial charge in [0, 0.05) is 5.75 Å². The van der Waals surface area contributed by atoms with Crippen LogP contribution in [-0.2, 0) is 18.4 Å². The Kier molecular flexibility index (Phi) is 11.8. The minimum absolute atomic E-state index is 0.132. The predicted molar refractivity (Wildman–Crippen MR) is 141 cm³/mol. The topological polar surface area (TPSA) is 76.7 Å². The van der Waals surface area contributed by atoms with E-state index in [1.807, 2.05) is 39.3 Å². The second-order valence-corrected chi connectivity index (χ2v) is 31.4. The van der Waals surface area contributed by atoms with Gasteiger partial charge in [-0.05, 0) is 51.5 Å². The second-order valence-electron chi connectivity index (χ2n) is 11.8. The molecule has 6 nitrogen and oxygen atoms in total. The molecule has 0 aliphatic carbocycles.